The number of hydrogen-bond acceptors (Lipinski definition) is 4. The van der Waals surface area contributed by atoms with Crippen molar-refractivity contribution in [3.8, 4) is 0 Å². The highest BCUT2D eigenvalue weighted by molar-refractivity contribution is 5.75. The van der Waals surface area contributed by atoms with Crippen molar-refractivity contribution >= 4 is 5.97 Å². The highest BCUT2D eigenvalue weighted by atomic mass is 16.5. The minimum atomic E-state index is -0.655. The molecule has 2 aliphatic rings. The van der Waals surface area contributed by atoms with Gasteiger partial charge in [-0.1, -0.05) is 12.8 Å². The summed E-state index contributed by atoms with van der Waals surface area (Å²) in [5.74, 6) is -0.655. The third-order valence-electron chi connectivity index (χ3n) is 5.96. The van der Waals surface area contributed by atoms with Crippen molar-refractivity contribution in [1.29, 1.82) is 0 Å². The molecule has 1 saturated carbocycles. The molecule has 1 saturated heterocycles. The second kappa shape index (κ2) is 8.32. The Labute approximate surface area is 150 Å². The SMILES string of the molecule is COCCC[C@@]1(C(=O)O)CCCN(Cc2cncn2C2CCCC2)C1. The molecule has 2 heterocycles. The summed E-state index contributed by atoms with van der Waals surface area (Å²) in [6.45, 7) is 3.02. The maximum absolute atomic E-state index is 12.0. The van der Waals surface area contributed by atoms with Crippen molar-refractivity contribution in [2.24, 2.45) is 5.41 Å². The van der Waals surface area contributed by atoms with Gasteiger partial charge in [-0.3, -0.25) is 9.69 Å². The van der Waals surface area contributed by atoms with Crippen LogP contribution in [0.2, 0.25) is 0 Å². The molecule has 6 heteroatoms. The fourth-order valence-corrected chi connectivity index (χ4v) is 4.60. The van der Waals surface area contributed by atoms with Gasteiger partial charge in [0.2, 0.25) is 0 Å². The van der Waals surface area contributed by atoms with E-state index in [-0.39, 0.29) is 0 Å². The number of nitrogens with zero attached hydrogens (tertiary/aromatic N) is 3. The fraction of sp³-hybridized carbons (Fsp3) is 0.789. The summed E-state index contributed by atoms with van der Waals surface area (Å²) < 4.78 is 7.45. The highest BCUT2D eigenvalue weighted by Gasteiger charge is 2.42. The summed E-state index contributed by atoms with van der Waals surface area (Å²) >= 11 is 0. The smallest absolute Gasteiger partial charge is 0.310 e. The first-order valence-electron chi connectivity index (χ1n) is 9.60. The maximum atomic E-state index is 12.0. The van der Waals surface area contributed by atoms with E-state index in [0.717, 1.165) is 32.4 Å². The van der Waals surface area contributed by atoms with E-state index in [1.165, 1.54) is 31.4 Å². The molecule has 1 aromatic rings. The zero-order valence-electron chi connectivity index (χ0n) is 15.3. The Morgan fingerprint density at radius 2 is 2.20 bits per heavy atom. The van der Waals surface area contributed by atoms with Crippen LogP contribution in [0.3, 0.4) is 0 Å². The molecule has 1 N–H and O–H groups in total. The topological polar surface area (TPSA) is 67.6 Å². The first-order valence-corrected chi connectivity index (χ1v) is 9.60. The number of carbonyl (C=O) groups is 1. The van der Waals surface area contributed by atoms with Crippen LogP contribution in [-0.2, 0) is 16.1 Å². The lowest BCUT2D eigenvalue weighted by atomic mass is 9.76. The Kier molecular flexibility index (Phi) is 6.12. The van der Waals surface area contributed by atoms with E-state index >= 15 is 0 Å². The van der Waals surface area contributed by atoms with Crippen LogP contribution in [0.5, 0.6) is 0 Å². The van der Waals surface area contributed by atoms with Gasteiger partial charge in [-0.2, -0.15) is 0 Å². The third kappa shape index (κ3) is 4.23. The Morgan fingerprint density at radius 3 is 2.92 bits per heavy atom. The number of methoxy groups -OCH3 is 1. The molecule has 0 amide bonds. The molecular weight excluding hydrogens is 318 g/mol. The predicted molar refractivity (Wildman–Crippen MR) is 95.4 cm³/mol. The second-order valence-electron chi connectivity index (χ2n) is 7.73. The van der Waals surface area contributed by atoms with Crippen LogP contribution in [0.4, 0.5) is 0 Å². The lowest BCUT2D eigenvalue weighted by Crippen LogP contribution is -2.47. The number of hydrogen-bond donors (Lipinski definition) is 1. The number of imidazole rings is 1. The minimum Gasteiger partial charge on any atom is -0.481 e. The van der Waals surface area contributed by atoms with E-state index in [9.17, 15) is 9.90 Å². The van der Waals surface area contributed by atoms with Gasteiger partial charge in [0.15, 0.2) is 0 Å². The fourth-order valence-electron chi connectivity index (χ4n) is 4.60. The van der Waals surface area contributed by atoms with Crippen LogP contribution in [0.25, 0.3) is 0 Å². The van der Waals surface area contributed by atoms with Gasteiger partial charge in [0, 0.05) is 39.0 Å². The summed E-state index contributed by atoms with van der Waals surface area (Å²) in [6.07, 6.45) is 12.2. The van der Waals surface area contributed by atoms with Crippen molar-refractivity contribution in [3.05, 3.63) is 18.2 Å². The van der Waals surface area contributed by atoms with E-state index in [2.05, 4.69) is 14.5 Å². The van der Waals surface area contributed by atoms with Crippen LogP contribution in [0, 0.1) is 5.41 Å². The van der Waals surface area contributed by atoms with Gasteiger partial charge in [0.25, 0.3) is 0 Å². The Bertz CT molecular complexity index is 568. The van der Waals surface area contributed by atoms with Gasteiger partial charge in [-0.15, -0.1) is 0 Å². The maximum Gasteiger partial charge on any atom is 0.310 e. The number of likely N-dealkylation sites (tertiary alicyclic amines) is 1. The molecule has 1 aromatic heterocycles. The zero-order chi connectivity index (χ0) is 17.7. The predicted octanol–water partition coefficient (Wildman–Crippen LogP) is 3.09. The molecule has 0 unspecified atom stereocenters. The van der Waals surface area contributed by atoms with Crippen molar-refractivity contribution in [2.75, 3.05) is 26.8 Å². The summed E-state index contributed by atoms with van der Waals surface area (Å²) in [5, 5.41) is 9.87. The standard InChI is InChI=1S/C19H31N3O3/c1-25-11-5-9-19(18(23)24)8-4-10-21(14-19)13-17-12-20-15-22(17)16-6-2-3-7-16/h12,15-16H,2-11,13-14H2,1H3,(H,23,24)/t19-/m0/s1. The lowest BCUT2D eigenvalue weighted by molar-refractivity contribution is -0.153. The van der Waals surface area contributed by atoms with Crippen molar-refractivity contribution in [3.63, 3.8) is 0 Å². The Hall–Kier alpha value is -1.40. The van der Waals surface area contributed by atoms with Crippen LogP contribution in [-0.4, -0.2) is 52.3 Å². The molecule has 1 aliphatic heterocycles. The van der Waals surface area contributed by atoms with E-state index in [1.54, 1.807) is 7.11 Å². The second-order valence-corrected chi connectivity index (χ2v) is 7.73. The zero-order valence-corrected chi connectivity index (χ0v) is 15.3. The molecule has 25 heavy (non-hydrogen) atoms. The van der Waals surface area contributed by atoms with E-state index in [4.69, 9.17) is 4.74 Å². The molecule has 140 valence electrons. The quantitative estimate of drug-likeness (QED) is 0.731. The number of aromatic nitrogens is 2. The van der Waals surface area contributed by atoms with Crippen LogP contribution in [0.1, 0.15) is 63.1 Å². The highest BCUT2D eigenvalue weighted by Crippen LogP contribution is 2.36. The lowest BCUT2D eigenvalue weighted by Gasteiger charge is -2.40. The van der Waals surface area contributed by atoms with Gasteiger partial charge in [-0.25, -0.2) is 4.98 Å². The molecule has 0 aromatic carbocycles. The molecule has 1 aliphatic carbocycles. The van der Waals surface area contributed by atoms with Gasteiger partial charge < -0.3 is 14.4 Å². The van der Waals surface area contributed by atoms with Crippen molar-refractivity contribution in [1.82, 2.24) is 14.5 Å². The number of carboxylic acid groups (broad SMARTS) is 1. The van der Waals surface area contributed by atoms with E-state index in [1.807, 2.05) is 12.5 Å². The molecule has 6 nitrogen and oxygen atoms in total. The van der Waals surface area contributed by atoms with Crippen LogP contribution < -0.4 is 0 Å². The number of aliphatic carboxylic acids is 1. The largest absolute Gasteiger partial charge is 0.481 e. The van der Waals surface area contributed by atoms with Gasteiger partial charge >= 0.3 is 5.97 Å². The van der Waals surface area contributed by atoms with Crippen LogP contribution in [0.15, 0.2) is 12.5 Å². The molecule has 1 atom stereocenters. The van der Waals surface area contributed by atoms with Gasteiger partial charge in [0.05, 0.1) is 17.4 Å². The first-order chi connectivity index (χ1) is 12.1. The number of rotatable bonds is 8. The third-order valence-corrected chi connectivity index (χ3v) is 5.96. The molecule has 0 spiro atoms. The summed E-state index contributed by atoms with van der Waals surface area (Å²) in [5.41, 5.74) is 0.597. The molecular formula is C19H31N3O3. The van der Waals surface area contributed by atoms with Crippen molar-refractivity contribution < 1.29 is 14.6 Å². The minimum absolute atomic E-state index is 0.577. The molecule has 0 bridgehead atoms. The number of carboxylic acids is 1. The average Bonchev–Trinajstić information content (AvgIpc) is 3.26. The van der Waals surface area contributed by atoms with Crippen LogP contribution >= 0.6 is 0 Å². The van der Waals surface area contributed by atoms with Gasteiger partial charge in [0.1, 0.15) is 0 Å². The Morgan fingerprint density at radius 1 is 1.40 bits per heavy atom. The van der Waals surface area contributed by atoms with Gasteiger partial charge in [-0.05, 0) is 45.1 Å². The van der Waals surface area contributed by atoms with E-state index in [0.29, 0.717) is 25.6 Å². The monoisotopic (exact) mass is 349 g/mol. The first kappa shape index (κ1) is 18.4. The molecule has 2 fully saturated rings. The summed E-state index contributed by atoms with van der Waals surface area (Å²) in [7, 11) is 1.67. The number of piperidine rings is 1. The number of ether oxygens (including phenoxy) is 1. The van der Waals surface area contributed by atoms with Crippen molar-refractivity contribution in [2.45, 2.75) is 64.0 Å². The molecule has 3 rings (SSSR count). The normalized spacial score (nSPS) is 25.5. The van der Waals surface area contributed by atoms with E-state index < -0.39 is 11.4 Å². The average molecular weight is 349 g/mol. The Balaban J connectivity index is 1.66. The summed E-state index contributed by atoms with van der Waals surface area (Å²) in [4.78, 5) is 18.7. The summed E-state index contributed by atoms with van der Waals surface area (Å²) in [6, 6.07) is 0.577. The molecule has 0 radical (unpaired) electrons.